The minimum Gasteiger partial charge on any atom is -0.396 e. The van der Waals surface area contributed by atoms with E-state index in [-0.39, 0.29) is 89.7 Å². The van der Waals surface area contributed by atoms with Crippen LogP contribution in [0.1, 0.15) is 38.5 Å². The Bertz CT molecular complexity index is 1720. The highest BCUT2D eigenvalue weighted by Crippen LogP contribution is 2.56. The normalized spacial score (nSPS) is 29.0. The lowest BCUT2D eigenvalue weighted by molar-refractivity contribution is -0.122. The van der Waals surface area contributed by atoms with Gasteiger partial charge in [0.25, 0.3) is 0 Å². The molecule has 3 aliphatic heterocycles. The minimum atomic E-state index is -4.93. The van der Waals surface area contributed by atoms with Crippen molar-refractivity contribution in [3.63, 3.8) is 0 Å². The van der Waals surface area contributed by atoms with Crippen LogP contribution in [-0.4, -0.2) is 184 Å². The summed E-state index contributed by atoms with van der Waals surface area (Å²) in [6, 6.07) is -2.92. The summed E-state index contributed by atoms with van der Waals surface area (Å²) in [5.74, 6) is 0.630. The number of carbonyl (C=O) groups excluding carboxylic acids is 2. The number of hydrogen-bond acceptors (Lipinski definition) is 19. The Morgan fingerprint density at radius 1 is 0.778 bits per heavy atom. The molecule has 0 aromatic heterocycles. The molecule has 3 heterocycles. The average molecular weight is 947 g/mol. The summed E-state index contributed by atoms with van der Waals surface area (Å²) in [4.78, 5) is 41.2. The number of nitrogens with zero attached hydrogens (tertiary/aromatic N) is 2. The van der Waals surface area contributed by atoms with Gasteiger partial charge in [-0.1, -0.05) is 5.92 Å². The summed E-state index contributed by atoms with van der Waals surface area (Å²) >= 11 is 0. The Balaban J connectivity index is 1.59. The summed E-state index contributed by atoms with van der Waals surface area (Å²) < 4.78 is 106. The number of amides is 1. The van der Waals surface area contributed by atoms with Crippen LogP contribution in [0, 0.1) is 31.4 Å². The number of phosphoric ester groups is 3. The van der Waals surface area contributed by atoms with Gasteiger partial charge in [0.1, 0.15) is 67.5 Å². The fraction of sp³-hybridized carbons (Fsp3) is 0.824. The van der Waals surface area contributed by atoms with Gasteiger partial charge in [-0.25, -0.2) is 26.8 Å². The van der Waals surface area contributed by atoms with Crippen LogP contribution in [0.3, 0.4) is 0 Å². The monoisotopic (exact) mass is 947 g/mol. The highest BCUT2D eigenvalue weighted by Gasteiger charge is 2.46. The van der Waals surface area contributed by atoms with Crippen molar-refractivity contribution in [1.82, 2.24) is 5.32 Å². The van der Waals surface area contributed by atoms with E-state index in [1.165, 1.54) is 0 Å². The largest absolute Gasteiger partial charge is 0.475 e. The van der Waals surface area contributed by atoms with Crippen molar-refractivity contribution >= 4 is 58.7 Å². The first-order chi connectivity index (χ1) is 30.0. The molecule has 3 fully saturated rings. The third-order valence-electron chi connectivity index (χ3n) is 9.00. The lowest BCUT2D eigenvalue weighted by atomic mass is 9.96. The van der Waals surface area contributed by atoms with Gasteiger partial charge in [0, 0.05) is 49.9 Å². The summed E-state index contributed by atoms with van der Waals surface area (Å²) in [6.07, 6.45) is -2.48. The van der Waals surface area contributed by atoms with E-state index in [1.54, 1.807) is 0 Å². The van der Waals surface area contributed by atoms with E-state index in [0.29, 0.717) is 0 Å². The molecule has 3 aliphatic rings. The summed E-state index contributed by atoms with van der Waals surface area (Å²) in [5, 5.41) is 22.0. The quantitative estimate of drug-likeness (QED) is 0.0233. The maximum Gasteiger partial charge on any atom is 0.475 e. The second kappa shape index (κ2) is 28.2. The molecule has 23 nitrogen and oxygen atoms in total. The van der Waals surface area contributed by atoms with Gasteiger partial charge in [0.05, 0.1) is 57.8 Å². The van der Waals surface area contributed by atoms with Crippen molar-refractivity contribution in [2.75, 3.05) is 79.1 Å². The van der Waals surface area contributed by atoms with E-state index in [2.05, 4.69) is 20.9 Å². The number of aliphatic hydroxyl groups excluding tert-OH is 2. The van der Waals surface area contributed by atoms with Gasteiger partial charge in [-0.3, -0.25) is 45.8 Å². The van der Waals surface area contributed by atoms with Gasteiger partial charge < -0.3 is 49.1 Å². The highest BCUT2D eigenvalue weighted by molar-refractivity contribution is 7.48. The third-order valence-corrected chi connectivity index (χ3v) is 13.0. The Morgan fingerprint density at radius 2 is 1.29 bits per heavy atom. The Hall–Kier alpha value is -2.04. The lowest BCUT2D eigenvalue weighted by Gasteiger charge is -2.27. The summed E-state index contributed by atoms with van der Waals surface area (Å²) in [7, 11) is 3.61. The highest BCUT2D eigenvalue weighted by atomic mass is 31.2. The molecule has 0 aromatic carbocycles. The first kappa shape index (κ1) is 55.3. The molecule has 63 heavy (non-hydrogen) atoms. The Kier molecular flexibility index (Phi) is 24.8. The van der Waals surface area contributed by atoms with Crippen LogP contribution in [0.25, 0.3) is 9.69 Å². The minimum absolute atomic E-state index is 0.0122. The molecule has 4 N–H and O–H groups in total. The molecule has 0 aromatic rings. The van der Waals surface area contributed by atoms with E-state index in [1.807, 2.05) is 0 Å². The number of hydrogen-bond donors (Lipinski definition) is 4. The standard InChI is InChI=1S/C34H51B3N3O20P3/c1-4-10-49-11-6-34(44)40-7-5-24(43)14-23(18-41)20-52-61(45,46)58-26-16-32(36)56-29(26)21-53-63(48,51-13-9-39-3)60-27-17-33(37)57-30(27)22-54-62(47,50-12-8-38-2)59-25-15-31(35)55-28(25)19-42/h1,23,25-33,41-42H,5-22H2,(H,40,44)(H,45,46)/t23?,25-,26-,27-,28-,29-,30-,31-,32-,33-,62?,63?/m1/s1. The first-order valence-electron chi connectivity index (χ1n) is 19.7. The van der Waals surface area contributed by atoms with Crippen molar-refractivity contribution in [2.45, 2.75) is 93.2 Å². The maximum atomic E-state index is 14.1. The van der Waals surface area contributed by atoms with Crippen molar-refractivity contribution < 1.29 is 93.5 Å². The molecular weight excluding hydrogens is 896 g/mol. The molecule has 346 valence electrons. The van der Waals surface area contributed by atoms with E-state index in [0.717, 1.165) is 0 Å². The second-order valence-corrected chi connectivity index (χ2v) is 18.7. The number of ether oxygens (including phenoxy) is 4. The van der Waals surface area contributed by atoms with Gasteiger partial charge >= 0.3 is 23.5 Å². The van der Waals surface area contributed by atoms with Gasteiger partial charge in [-0.2, -0.15) is 0 Å². The molecule has 3 rings (SSSR count). The number of rotatable bonds is 32. The van der Waals surface area contributed by atoms with E-state index in [9.17, 15) is 38.4 Å². The predicted octanol–water partition coefficient (Wildman–Crippen LogP) is 0.337. The van der Waals surface area contributed by atoms with Crippen LogP contribution in [0.5, 0.6) is 0 Å². The van der Waals surface area contributed by atoms with Crippen molar-refractivity contribution in [3.05, 3.63) is 22.8 Å². The van der Waals surface area contributed by atoms with E-state index >= 15 is 0 Å². The first-order valence-corrected chi connectivity index (χ1v) is 24.1. The fourth-order valence-corrected chi connectivity index (χ4v) is 9.81. The molecule has 1 amide bonds. The lowest BCUT2D eigenvalue weighted by Crippen LogP contribution is -2.32. The molecular formula is C34H51B3N3O20P3. The molecule has 0 saturated carbocycles. The zero-order chi connectivity index (χ0) is 46.5. The average Bonchev–Trinajstić information content (AvgIpc) is 3.89. The number of terminal acetylenes is 1. The second-order valence-electron chi connectivity index (χ2n) is 14.0. The molecule has 0 aliphatic carbocycles. The van der Waals surface area contributed by atoms with Crippen molar-refractivity contribution in [3.8, 4) is 12.3 Å². The number of ketones is 1. The van der Waals surface area contributed by atoms with Crippen LogP contribution in [0.2, 0.25) is 0 Å². The summed E-state index contributed by atoms with van der Waals surface area (Å²) in [6.45, 7) is 10.0. The molecule has 0 bridgehead atoms. The Labute approximate surface area is 370 Å². The number of Topliss-reactive ketones (excluding diaryl/α,β-unsaturated/α-hetero) is 1. The van der Waals surface area contributed by atoms with Gasteiger partial charge in [-0.15, -0.1) is 6.42 Å². The maximum absolute atomic E-state index is 14.1. The van der Waals surface area contributed by atoms with Crippen LogP contribution in [0.4, 0.5) is 0 Å². The molecule has 0 spiro atoms. The van der Waals surface area contributed by atoms with Gasteiger partial charge in [-0.05, 0) is 19.3 Å². The van der Waals surface area contributed by atoms with Crippen LogP contribution in [0.15, 0.2) is 0 Å². The summed E-state index contributed by atoms with van der Waals surface area (Å²) in [5.41, 5.74) is 0. The number of nitrogens with one attached hydrogen (secondary N) is 1. The number of carbonyl (C=O) groups is 2. The van der Waals surface area contributed by atoms with Crippen LogP contribution < -0.4 is 5.32 Å². The zero-order valence-corrected chi connectivity index (χ0v) is 37.0. The van der Waals surface area contributed by atoms with Crippen molar-refractivity contribution in [1.29, 1.82) is 0 Å². The molecule has 6 radical (unpaired) electrons. The van der Waals surface area contributed by atoms with Gasteiger partial charge in [0.2, 0.25) is 19.0 Å². The van der Waals surface area contributed by atoms with E-state index < -0.39 is 124 Å². The van der Waals surface area contributed by atoms with Crippen molar-refractivity contribution in [2.24, 2.45) is 5.92 Å². The third kappa shape index (κ3) is 20.6. The number of phosphoric acid groups is 3. The number of aliphatic hydroxyl groups is 2. The molecule has 3 saturated heterocycles. The Morgan fingerprint density at radius 3 is 1.78 bits per heavy atom. The molecule has 4 unspecified atom stereocenters. The molecule has 29 heteroatoms. The SMILES string of the molecule is [B][C@H]1C[C@@H](OP(=O)(O)OCC(CO)CC(=O)CCNC(=O)CCOCC#C)[C@@H](COP(=O)(OCC[N+]#[C-])O[C@@H]2C[C@H]([B])O[C@@H]2COP(=O)(OCC[N+]#[C-])O[C@@H]2C[C@H]([B])O[C@@H]2CO)O1. The fourth-order valence-electron chi connectivity index (χ4n) is 6.01. The van der Waals surface area contributed by atoms with Crippen LogP contribution >= 0.6 is 23.5 Å². The zero-order valence-electron chi connectivity index (χ0n) is 34.3. The predicted molar refractivity (Wildman–Crippen MR) is 219 cm³/mol. The molecule has 13 atom stereocenters. The smallest absolute Gasteiger partial charge is 0.396 e. The van der Waals surface area contributed by atoms with Crippen LogP contribution in [-0.2, 0) is 78.4 Å². The topological polar surface area (TPSA) is 278 Å². The van der Waals surface area contributed by atoms with E-state index in [4.69, 9.17) is 98.2 Å². The van der Waals surface area contributed by atoms with Gasteiger partial charge in [0.15, 0.2) is 0 Å².